The van der Waals surface area contributed by atoms with E-state index in [1.165, 1.54) is 11.3 Å². The third-order valence-corrected chi connectivity index (χ3v) is 4.61. The van der Waals surface area contributed by atoms with Crippen LogP contribution >= 0.6 is 15.9 Å². The minimum absolute atomic E-state index is 0.276. The summed E-state index contributed by atoms with van der Waals surface area (Å²) in [5.41, 5.74) is 3.71. The van der Waals surface area contributed by atoms with Crippen LogP contribution in [0.4, 0.5) is 0 Å². The summed E-state index contributed by atoms with van der Waals surface area (Å²) in [5.74, 6) is 0. The van der Waals surface area contributed by atoms with Crippen LogP contribution in [0, 0.1) is 0 Å². The van der Waals surface area contributed by atoms with Crippen molar-refractivity contribution in [1.29, 1.82) is 0 Å². The Balaban J connectivity index is 1.96. The Kier molecular flexibility index (Phi) is 3.50. The first-order chi connectivity index (χ1) is 9.16. The van der Waals surface area contributed by atoms with E-state index in [-0.39, 0.29) is 6.10 Å². The predicted octanol–water partition coefficient (Wildman–Crippen LogP) is 4.23. The second-order valence-corrected chi connectivity index (χ2v) is 6.18. The zero-order valence-corrected chi connectivity index (χ0v) is 12.6. The van der Waals surface area contributed by atoms with Crippen molar-refractivity contribution in [2.75, 3.05) is 0 Å². The summed E-state index contributed by atoms with van der Waals surface area (Å²) in [5, 5.41) is 10.0. The third kappa shape index (κ3) is 2.37. The molecule has 0 bridgehead atoms. The number of rotatable bonds is 2. The molecule has 3 heteroatoms. The predicted molar refractivity (Wildman–Crippen MR) is 80.3 cm³/mol. The van der Waals surface area contributed by atoms with E-state index in [1.54, 1.807) is 0 Å². The lowest BCUT2D eigenvalue weighted by atomic mass is 9.95. The van der Waals surface area contributed by atoms with Gasteiger partial charge in [-0.05, 0) is 49.9 Å². The third-order valence-electron chi connectivity index (χ3n) is 4.08. The highest BCUT2D eigenvalue weighted by Crippen LogP contribution is 2.33. The first kappa shape index (κ1) is 12.9. The number of halogens is 1. The fraction of sp³-hybridized carbons (Fsp3) is 0.375. The van der Waals surface area contributed by atoms with Crippen molar-refractivity contribution in [2.45, 2.75) is 38.3 Å². The van der Waals surface area contributed by atoms with Crippen molar-refractivity contribution >= 4 is 15.9 Å². The lowest BCUT2D eigenvalue weighted by molar-refractivity contribution is 0.155. The monoisotopic (exact) mass is 319 g/mol. The molecule has 2 aromatic rings. The molecule has 2 unspecified atom stereocenters. The van der Waals surface area contributed by atoms with E-state index in [0.717, 1.165) is 29.3 Å². The molecule has 1 aliphatic rings. The molecule has 1 aliphatic carbocycles. The fourth-order valence-electron chi connectivity index (χ4n) is 2.96. The number of benzene rings is 1. The van der Waals surface area contributed by atoms with Gasteiger partial charge < -0.3 is 9.67 Å². The maximum atomic E-state index is 10.0. The van der Waals surface area contributed by atoms with Gasteiger partial charge in [0.1, 0.15) is 0 Å². The van der Waals surface area contributed by atoms with Gasteiger partial charge in [0.15, 0.2) is 0 Å². The second kappa shape index (κ2) is 5.14. The first-order valence-corrected chi connectivity index (χ1v) is 7.59. The Morgan fingerprint density at radius 3 is 2.74 bits per heavy atom. The fourth-order valence-corrected chi connectivity index (χ4v) is 3.22. The van der Waals surface area contributed by atoms with E-state index >= 15 is 0 Å². The molecule has 3 rings (SSSR count). The summed E-state index contributed by atoms with van der Waals surface area (Å²) >= 11 is 3.47. The van der Waals surface area contributed by atoms with Crippen molar-refractivity contribution in [2.24, 2.45) is 0 Å². The van der Waals surface area contributed by atoms with Crippen LogP contribution in [0.1, 0.15) is 48.7 Å². The zero-order valence-electron chi connectivity index (χ0n) is 11.0. The number of aromatic nitrogens is 1. The van der Waals surface area contributed by atoms with Gasteiger partial charge in [-0.1, -0.05) is 28.1 Å². The maximum Gasteiger partial charge on any atom is 0.0807 e. The van der Waals surface area contributed by atoms with Gasteiger partial charge in [0, 0.05) is 21.9 Å². The van der Waals surface area contributed by atoms with Crippen LogP contribution in [-0.4, -0.2) is 9.67 Å². The van der Waals surface area contributed by atoms with Crippen LogP contribution in [-0.2, 0) is 6.42 Å². The molecule has 0 aliphatic heterocycles. The Morgan fingerprint density at radius 2 is 2.00 bits per heavy atom. The van der Waals surface area contributed by atoms with Crippen LogP contribution in [0.25, 0.3) is 0 Å². The van der Waals surface area contributed by atoms with Gasteiger partial charge in [0.2, 0.25) is 0 Å². The molecule has 1 heterocycles. The molecule has 1 aromatic heterocycles. The van der Waals surface area contributed by atoms with E-state index in [9.17, 15) is 5.11 Å². The van der Waals surface area contributed by atoms with E-state index in [1.807, 2.05) is 0 Å². The highest BCUT2D eigenvalue weighted by molar-refractivity contribution is 9.10. The molecule has 0 saturated heterocycles. The Bertz CT molecular complexity index is 573. The average Bonchev–Trinajstić information content (AvgIpc) is 2.84. The largest absolute Gasteiger partial charge is 0.388 e. The van der Waals surface area contributed by atoms with Crippen LogP contribution in [0.3, 0.4) is 0 Å². The molecule has 100 valence electrons. The van der Waals surface area contributed by atoms with Crippen LogP contribution in [0.5, 0.6) is 0 Å². The van der Waals surface area contributed by atoms with E-state index in [4.69, 9.17) is 0 Å². The second-order valence-electron chi connectivity index (χ2n) is 5.26. The summed E-state index contributed by atoms with van der Waals surface area (Å²) in [6.07, 6.45) is 4.88. The van der Waals surface area contributed by atoms with Crippen molar-refractivity contribution in [1.82, 2.24) is 4.57 Å². The van der Waals surface area contributed by atoms with Gasteiger partial charge in [-0.2, -0.15) is 0 Å². The highest BCUT2D eigenvalue weighted by atomic mass is 79.9. The van der Waals surface area contributed by atoms with Gasteiger partial charge >= 0.3 is 0 Å². The van der Waals surface area contributed by atoms with Crippen molar-refractivity contribution in [3.63, 3.8) is 0 Å². The molecule has 2 nitrogen and oxygen atoms in total. The minimum Gasteiger partial charge on any atom is -0.388 e. The van der Waals surface area contributed by atoms with Gasteiger partial charge in [-0.15, -0.1) is 0 Å². The molecule has 19 heavy (non-hydrogen) atoms. The maximum absolute atomic E-state index is 10.0. The van der Waals surface area contributed by atoms with Gasteiger partial charge in [-0.25, -0.2) is 0 Å². The number of aliphatic hydroxyl groups excluding tert-OH is 1. The topological polar surface area (TPSA) is 25.2 Å². The van der Waals surface area contributed by atoms with Crippen LogP contribution in [0.15, 0.2) is 41.0 Å². The molecule has 1 N–H and O–H groups in total. The number of nitrogens with zero attached hydrogens (tertiary/aromatic N) is 1. The number of fused-ring (bicyclic) bond motifs is 1. The molecule has 0 saturated carbocycles. The summed E-state index contributed by atoms with van der Waals surface area (Å²) in [6, 6.07) is 10.9. The van der Waals surface area contributed by atoms with Crippen molar-refractivity contribution < 1.29 is 5.11 Å². The lowest BCUT2D eigenvalue weighted by Crippen LogP contribution is -2.15. The first-order valence-electron chi connectivity index (χ1n) is 6.80. The summed E-state index contributed by atoms with van der Waals surface area (Å²) in [6.45, 7) is 2.21. The van der Waals surface area contributed by atoms with Gasteiger partial charge in [0.05, 0.1) is 12.1 Å². The normalized spacial score (nSPS) is 20.1. The van der Waals surface area contributed by atoms with E-state index in [0.29, 0.717) is 6.04 Å². The number of hydrogen-bond donors (Lipinski definition) is 1. The summed E-state index contributed by atoms with van der Waals surface area (Å²) < 4.78 is 3.41. The van der Waals surface area contributed by atoms with Gasteiger partial charge in [0.25, 0.3) is 0 Å². The standard InChI is InChI=1S/C16H18BrNO/c1-11(12-5-7-13(17)8-6-12)18-10-9-14-15(18)3-2-4-16(14)19/h5-11,16,19H,2-4H2,1H3. The molecule has 2 atom stereocenters. The van der Waals surface area contributed by atoms with E-state index in [2.05, 4.69) is 63.9 Å². The molecule has 0 spiro atoms. The Labute approximate surface area is 122 Å². The minimum atomic E-state index is -0.276. The van der Waals surface area contributed by atoms with Crippen LogP contribution in [0.2, 0.25) is 0 Å². The smallest absolute Gasteiger partial charge is 0.0807 e. The quantitative estimate of drug-likeness (QED) is 0.880. The Morgan fingerprint density at radius 1 is 1.26 bits per heavy atom. The molecule has 0 fully saturated rings. The Hall–Kier alpha value is -1.06. The molecule has 1 aromatic carbocycles. The summed E-state index contributed by atoms with van der Waals surface area (Å²) in [7, 11) is 0. The average molecular weight is 320 g/mol. The zero-order chi connectivity index (χ0) is 13.4. The van der Waals surface area contributed by atoms with Crippen LogP contribution < -0.4 is 0 Å². The highest BCUT2D eigenvalue weighted by Gasteiger charge is 2.23. The van der Waals surface area contributed by atoms with Crippen molar-refractivity contribution in [3.05, 3.63) is 57.8 Å². The number of aliphatic hydroxyl groups is 1. The molecule has 0 radical (unpaired) electrons. The lowest BCUT2D eigenvalue weighted by Gasteiger charge is -2.23. The van der Waals surface area contributed by atoms with Crippen molar-refractivity contribution in [3.8, 4) is 0 Å². The molecular formula is C16H18BrNO. The molecule has 0 amide bonds. The van der Waals surface area contributed by atoms with Gasteiger partial charge in [-0.3, -0.25) is 0 Å². The molecular weight excluding hydrogens is 302 g/mol. The summed E-state index contributed by atoms with van der Waals surface area (Å²) in [4.78, 5) is 0. The van der Waals surface area contributed by atoms with E-state index < -0.39 is 0 Å². The SMILES string of the molecule is CC(c1ccc(Br)cc1)n1ccc2c1CCCC2O. The number of hydrogen-bond acceptors (Lipinski definition) is 1.